The van der Waals surface area contributed by atoms with E-state index in [2.05, 4.69) is 57.9 Å². The molecule has 1 aliphatic heterocycles. The van der Waals surface area contributed by atoms with Crippen LogP contribution in [0.1, 0.15) is 12.5 Å². The molecule has 2 N–H and O–H groups in total. The number of hydrogen-bond donors (Lipinski definition) is 1. The highest BCUT2D eigenvalue weighted by atomic mass is 79.9. The summed E-state index contributed by atoms with van der Waals surface area (Å²) in [4.78, 5) is 4.90. The third kappa shape index (κ3) is 3.05. The minimum Gasteiger partial charge on any atom is -0.366 e. The van der Waals surface area contributed by atoms with E-state index >= 15 is 0 Å². The van der Waals surface area contributed by atoms with Gasteiger partial charge in [-0.05, 0) is 50.7 Å². The fourth-order valence-corrected chi connectivity index (χ4v) is 3.10. The first-order chi connectivity index (χ1) is 8.61. The smallest absolute Gasteiger partial charge is 0.0403 e. The molecule has 18 heavy (non-hydrogen) atoms. The lowest BCUT2D eigenvalue weighted by Gasteiger charge is -2.40. The summed E-state index contributed by atoms with van der Waals surface area (Å²) in [5.74, 6) is 0. The van der Waals surface area contributed by atoms with E-state index in [4.69, 9.17) is 5.73 Å². The van der Waals surface area contributed by atoms with Gasteiger partial charge in [-0.3, -0.25) is 0 Å². The first-order valence-electron chi connectivity index (χ1n) is 6.55. The second kappa shape index (κ2) is 6.04. The number of anilines is 1. The van der Waals surface area contributed by atoms with Crippen molar-refractivity contribution in [2.75, 3.05) is 38.1 Å². The van der Waals surface area contributed by atoms with E-state index in [1.807, 2.05) is 0 Å². The Balaban J connectivity index is 2.26. The molecule has 1 unspecified atom stereocenters. The number of likely N-dealkylation sites (N-methyl/N-ethyl adjacent to an activating group) is 1. The van der Waals surface area contributed by atoms with Crippen LogP contribution in [0.25, 0.3) is 0 Å². The van der Waals surface area contributed by atoms with Gasteiger partial charge in [0.25, 0.3) is 0 Å². The van der Waals surface area contributed by atoms with Crippen molar-refractivity contribution in [1.82, 2.24) is 4.90 Å². The summed E-state index contributed by atoms with van der Waals surface area (Å²) in [6.45, 7) is 6.34. The van der Waals surface area contributed by atoms with Crippen LogP contribution in [-0.2, 0) is 6.42 Å². The predicted octanol–water partition coefficient (Wildman–Crippen LogP) is 2.09. The van der Waals surface area contributed by atoms with Crippen LogP contribution in [-0.4, -0.2) is 44.2 Å². The van der Waals surface area contributed by atoms with Gasteiger partial charge in [-0.25, -0.2) is 0 Å². The Morgan fingerprint density at radius 1 is 1.39 bits per heavy atom. The molecule has 1 aromatic rings. The van der Waals surface area contributed by atoms with Gasteiger partial charge in [-0.1, -0.05) is 15.9 Å². The molecule has 0 bridgehead atoms. The van der Waals surface area contributed by atoms with Crippen LogP contribution < -0.4 is 10.6 Å². The molecule has 0 spiro atoms. The van der Waals surface area contributed by atoms with Crippen LogP contribution in [0.5, 0.6) is 0 Å². The average molecular weight is 312 g/mol. The summed E-state index contributed by atoms with van der Waals surface area (Å²) in [5.41, 5.74) is 8.43. The van der Waals surface area contributed by atoms with E-state index < -0.39 is 0 Å². The van der Waals surface area contributed by atoms with Gasteiger partial charge >= 0.3 is 0 Å². The zero-order valence-electron chi connectivity index (χ0n) is 11.2. The second-order valence-electron chi connectivity index (χ2n) is 5.12. The summed E-state index contributed by atoms with van der Waals surface area (Å²) in [6, 6.07) is 7.10. The molecule has 0 radical (unpaired) electrons. The van der Waals surface area contributed by atoms with Gasteiger partial charge in [-0.2, -0.15) is 0 Å². The van der Waals surface area contributed by atoms with Crippen molar-refractivity contribution in [3.05, 3.63) is 28.2 Å². The molecule has 3 nitrogen and oxygen atoms in total. The fourth-order valence-electron chi connectivity index (χ4n) is 2.69. The molecule has 100 valence electrons. The van der Waals surface area contributed by atoms with Gasteiger partial charge in [0.05, 0.1) is 0 Å². The highest BCUT2D eigenvalue weighted by molar-refractivity contribution is 9.10. The molecule has 0 amide bonds. The van der Waals surface area contributed by atoms with E-state index in [0.29, 0.717) is 12.6 Å². The third-order valence-electron chi connectivity index (χ3n) is 3.60. The lowest BCUT2D eigenvalue weighted by Crippen LogP contribution is -2.50. The highest BCUT2D eigenvalue weighted by Crippen LogP contribution is 2.27. The Morgan fingerprint density at radius 3 is 2.83 bits per heavy atom. The molecule has 1 atom stereocenters. The van der Waals surface area contributed by atoms with Crippen molar-refractivity contribution in [2.24, 2.45) is 5.73 Å². The van der Waals surface area contributed by atoms with Crippen molar-refractivity contribution in [3.63, 3.8) is 0 Å². The number of halogens is 1. The summed E-state index contributed by atoms with van der Waals surface area (Å²) < 4.78 is 1.14. The second-order valence-corrected chi connectivity index (χ2v) is 6.03. The van der Waals surface area contributed by atoms with E-state index in [1.54, 1.807) is 0 Å². The van der Waals surface area contributed by atoms with E-state index in [9.17, 15) is 0 Å². The molecule has 1 heterocycles. The first-order valence-corrected chi connectivity index (χ1v) is 7.35. The van der Waals surface area contributed by atoms with Gasteiger partial charge in [0.1, 0.15) is 0 Å². The SMILES string of the molecule is CC1CN(C)CCN1c1ccc(Br)cc1CCN. The topological polar surface area (TPSA) is 32.5 Å². The van der Waals surface area contributed by atoms with Gasteiger partial charge in [0.15, 0.2) is 0 Å². The molecule has 1 aromatic carbocycles. The standard InChI is InChI=1S/C14H22BrN3/c1-11-10-17(2)7-8-18(11)14-4-3-13(15)9-12(14)5-6-16/h3-4,9,11H,5-8,10,16H2,1-2H3. The zero-order chi connectivity index (χ0) is 13.1. The number of hydrogen-bond acceptors (Lipinski definition) is 3. The highest BCUT2D eigenvalue weighted by Gasteiger charge is 2.23. The lowest BCUT2D eigenvalue weighted by atomic mass is 10.1. The van der Waals surface area contributed by atoms with Gasteiger partial charge in [0, 0.05) is 35.8 Å². The average Bonchev–Trinajstić information content (AvgIpc) is 2.31. The Hall–Kier alpha value is -0.580. The van der Waals surface area contributed by atoms with Crippen molar-refractivity contribution < 1.29 is 0 Å². The van der Waals surface area contributed by atoms with Crippen LogP contribution in [0.4, 0.5) is 5.69 Å². The van der Waals surface area contributed by atoms with Gasteiger partial charge < -0.3 is 15.5 Å². The Morgan fingerprint density at radius 2 is 2.17 bits per heavy atom. The molecule has 1 saturated heterocycles. The quantitative estimate of drug-likeness (QED) is 0.928. The third-order valence-corrected chi connectivity index (χ3v) is 4.09. The first kappa shape index (κ1) is 13.8. The van der Waals surface area contributed by atoms with Crippen molar-refractivity contribution in [3.8, 4) is 0 Å². The molecule has 1 aliphatic rings. The van der Waals surface area contributed by atoms with Crippen LogP contribution in [0.15, 0.2) is 22.7 Å². The summed E-state index contributed by atoms with van der Waals surface area (Å²) in [5, 5.41) is 0. The van der Waals surface area contributed by atoms with E-state index in [0.717, 1.165) is 30.5 Å². The zero-order valence-corrected chi connectivity index (χ0v) is 12.8. The minimum absolute atomic E-state index is 0.557. The number of nitrogens with zero attached hydrogens (tertiary/aromatic N) is 2. The van der Waals surface area contributed by atoms with Crippen LogP contribution in [0.2, 0.25) is 0 Å². The lowest BCUT2D eigenvalue weighted by molar-refractivity contribution is 0.275. The maximum absolute atomic E-state index is 5.72. The van der Waals surface area contributed by atoms with Gasteiger partial charge in [0.2, 0.25) is 0 Å². The summed E-state index contributed by atoms with van der Waals surface area (Å²) >= 11 is 3.55. The maximum Gasteiger partial charge on any atom is 0.0403 e. The van der Waals surface area contributed by atoms with E-state index in [1.165, 1.54) is 11.3 Å². The van der Waals surface area contributed by atoms with Crippen molar-refractivity contribution in [1.29, 1.82) is 0 Å². The molecular formula is C14H22BrN3. The number of nitrogens with two attached hydrogens (primary N) is 1. The normalized spacial score (nSPS) is 21.3. The number of rotatable bonds is 3. The largest absolute Gasteiger partial charge is 0.366 e. The molecule has 0 aliphatic carbocycles. The Labute approximate surface area is 118 Å². The molecule has 1 fully saturated rings. The molecule has 0 saturated carbocycles. The monoisotopic (exact) mass is 311 g/mol. The number of benzene rings is 1. The Bertz CT molecular complexity index is 408. The molecule has 0 aromatic heterocycles. The predicted molar refractivity (Wildman–Crippen MR) is 81.2 cm³/mol. The molecule has 4 heteroatoms. The molecule has 2 rings (SSSR count). The molecular weight excluding hydrogens is 290 g/mol. The van der Waals surface area contributed by atoms with Crippen LogP contribution in [0.3, 0.4) is 0 Å². The maximum atomic E-state index is 5.72. The summed E-state index contributed by atoms with van der Waals surface area (Å²) in [6.07, 6.45) is 0.938. The number of piperazine rings is 1. The van der Waals surface area contributed by atoms with Crippen LogP contribution in [0, 0.1) is 0 Å². The van der Waals surface area contributed by atoms with Crippen molar-refractivity contribution >= 4 is 21.6 Å². The van der Waals surface area contributed by atoms with Crippen LogP contribution >= 0.6 is 15.9 Å². The van der Waals surface area contributed by atoms with E-state index in [-0.39, 0.29) is 0 Å². The van der Waals surface area contributed by atoms with Crippen molar-refractivity contribution in [2.45, 2.75) is 19.4 Å². The van der Waals surface area contributed by atoms with Gasteiger partial charge in [-0.15, -0.1) is 0 Å². The summed E-state index contributed by atoms with van der Waals surface area (Å²) in [7, 11) is 2.19. The fraction of sp³-hybridized carbons (Fsp3) is 0.571. The minimum atomic E-state index is 0.557. The Kier molecular flexibility index (Phi) is 4.65.